The van der Waals surface area contributed by atoms with Crippen molar-refractivity contribution >= 4 is 11.4 Å². The number of anilines is 2. The fraction of sp³-hybridized carbons (Fsp3) is 0.200. The molecular weight excluding hydrogens is 264 g/mol. The molecule has 20 heavy (non-hydrogen) atoms. The Balaban J connectivity index is 2.51. The molecule has 0 heterocycles. The van der Waals surface area contributed by atoms with E-state index in [4.69, 9.17) is 9.84 Å². The zero-order valence-corrected chi connectivity index (χ0v) is 11.2. The van der Waals surface area contributed by atoms with Crippen molar-refractivity contribution in [2.75, 3.05) is 19.1 Å². The van der Waals surface area contributed by atoms with E-state index >= 15 is 0 Å². The number of hydrogen-bond donors (Lipinski definition) is 1. The molecule has 0 radical (unpaired) electrons. The van der Waals surface area contributed by atoms with Crippen LogP contribution in [0.25, 0.3) is 0 Å². The SMILES string of the molecule is COc1ccccc1N(C)c1c(F)cc(CO)cc1F. The highest BCUT2D eigenvalue weighted by Crippen LogP contribution is 2.35. The number of methoxy groups -OCH3 is 1. The normalized spacial score (nSPS) is 10.4. The maximum atomic E-state index is 14.0. The van der Waals surface area contributed by atoms with Gasteiger partial charge in [0.15, 0.2) is 0 Å². The smallest absolute Gasteiger partial charge is 0.150 e. The van der Waals surface area contributed by atoms with Crippen LogP contribution in [0.15, 0.2) is 36.4 Å². The van der Waals surface area contributed by atoms with E-state index in [1.807, 2.05) is 0 Å². The summed E-state index contributed by atoms with van der Waals surface area (Å²) in [6.45, 7) is -0.410. The van der Waals surface area contributed by atoms with Crippen LogP contribution in [0.3, 0.4) is 0 Å². The summed E-state index contributed by atoms with van der Waals surface area (Å²) < 4.78 is 33.3. The van der Waals surface area contributed by atoms with E-state index in [-0.39, 0.29) is 11.3 Å². The summed E-state index contributed by atoms with van der Waals surface area (Å²) in [6.07, 6.45) is 0. The Bertz CT molecular complexity index is 594. The molecule has 3 nitrogen and oxygen atoms in total. The minimum absolute atomic E-state index is 0.188. The number of benzene rings is 2. The highest BCUT2D eigenvalue weighted by molar-refractivity contribution is 5.69. The Labute approximate surface area is 116 Å². The van der Waals surface area contributed by atoms with Crippen molar-refractivity contribution in [1.82, 2.24) is 0 Å². The second kappa shape index (κ2) is 5.88. The van der Waals surface area contributed by atoms with Gasteiger partial charge in [0, 0.05) is 7.05 Å². The average Bonchev–Trinajstić information content (AvgIpc) is 2.46. The van der Waals surface area contributed by atoms with E-state index in [1.54, 1.807) is 31.3 Å². The Morgan fingerprint density at radius 2 is 1.75 bits per heavy atom. The first-order chi connectivity index (χ1) is 9.58. The lowest BCUT2D eigenvalue weighted by Gasteiger charge is -2.23. The number of nitrogens with zero attached hydrogens (tertiary/aromatic N) is 1. The topological polar surface area (TPSA) is 32.7 Å². The molecule has 1 N–H and O–H groups in total. The third-order valence-corrected chi connectivity index (χ3v) is 3.04. The maximum absolute atomic E-state index is 14.0. The number of aliphatic hydroxyl groups excluding tert-OH is 1. The quantitative estimate of drug-likeness (QED) is 0.932. The van der Waals surface area contributed by atoms with Gasteiger partial charge in [0.1, 0.15) is 23.1 Å². The molecule has 0 bridgehead atoms. The van der Waals surface area contributed by atoms with E-state index in [0.29, 0.717) is 11.4 Å². The van der Waals surface area contributed by atoms with Crippen molar-refractivity contribution in [3.05, 3.63) is 53.6 Å². The minimum atomic E-state index is -0.734. The van der Waals surface area contributed by atoms with Crippen LogP contribution in [0.4, 0.5) is 20.2 Å². The lowest BCUT2D eigenvalue weighted by molar-refractivity contribution is 0.280. The van der Waals surface area contributed by atoms with Crippen molar-refractivity contribution < 1.29 is 18.6 Å². The van der Waals surface area contributed by atoms with E-state index < -0.39 is 18.2 Å². The maximum Gasteiger partial charge on any atom is 0.150 e. The summed E-state index contributed by atoms with van der Waals surface area (Å²) in [4.78, 5) is 1.38. The van der Waals surface area contributed by atoms with Crippen LogP contribution in [-0.2, 0) is 6.61 Å². The molecule has 2 aromatic carbocycles. The number of ether oxygens (including phenoxy) is 1. The first-order valence-electron chi connectivity index (χ1n) is 6.04. The van der Waals surface area contributed by atoms with Crippen molar-refractivity contribution in [1.29, 1.82) is 0 Å². The molecule has 5 heteroatoms. The Kier molecular flexibility index (Phi) is 4.20. The van der Waals surface area contributed by atoms with Crippen LogP contribution in [0.2, 0.25) is 0 Å². The second-order valence-electron chi connectivity index (χ2n) is 4.30. The van der Waals surface area contributed by atoms with Gasteiger partial charge in [0.25, 0.3) is 0 Å². The van der Waals surface area contributed by atoms with Crippen LogP contribution >= 0.6 is 0 Å². The largest absolute Gasteiger partial charge is 0.495 e. The predicted molar refractivity (Wildman–Crippen MR) is 73.3 cm³/mol. The number of halogens is 2. The highest BCUT2D eigenvalue weighted by atomic mass is 19.1. The van der Waals surface area contributed by atoms with Gasteiger partial charge < -0.3 is 14.7 Å². The zero-order chi connectivity index (χ0) is 14.7. The van der Waals surface area contributed by atoms with Crippen molar-refractivity contribution in [3.8, 4) is 5.75 Å². The van der Waals surface area contributed by atoms with E-state index in [1.165, 1.54) is 12.0 Å². The first-order valence-corrected chi connectivity index (χ1v) is 6.04. The van der Waals surface area contributed by atoms with Gasteiger partial charge in [-0.1, -0.05) is 12.1 Å². The van der Waals surface area contributed by atoms with Crippen LogP contribution in [-0.4, -0.2) is 19.3 Å². The number of hydrogen-bond acceptors (Lipinski definition) is 3. The first kappa shape index (κ1) is 14.3. The van der Waals surface area contributed by atoms with Crippen LogP contribution < -0.4 is 9.64 Å². The van der Waals surface area contributed by atoms with Crippen molar-refractivity contribution in [2.24, 2.45) is 0 Å². The zero-order valence-electron chi connectivity index (χ0n) is 11.2. The van der Waals surface area contributed by atoms with Crippen molar-refractivity contribution in [2.45, 2.75) is 6.61 Å². The van der Waals surface area contributed by atoms with Gasteiger partial charge in [-0.3, -0.25) is 0 Å². The monoisotopic (exact) mass is 279 g/mol. The molecule has 0 unspecified atom stereocenters. The molecule has 106 valence electrons. The van der Waals surface area contributed by atoms with Gasteiger partial charge in [-0.05, 0) is 29.8 Å². The third-order valence-electron chi connectivity index (χ3n) is 3.04. The molecule has 0 saturated carbocycles. The van der Waals surface area contributed by atoms with Crippen molar-refractivity contribution in [3.63, 3.8) is 0 Å². The van der Waals surface area contributed by atoms with Gasteiger partial charge in [0.2, 0.25) is 0 Å². The Morgan fingerprint density at radius 3 is 2.30 bits per heavy atom. The highest BCUT2D eigenvalue weighted by Gasteiger charge is 2.18. The molecule has 0 aliphatic carbocycles. The van der Waals surface area contributed by atoms with Gasteiger partial charge in [-0.2, -0.15) is 0 Å². The molecular formula is C15H15F2NO2. The summed E-state index contributed by atoms with van der Waals surface area (Å²) in [7, 11) is 3.05. The molecule has 2 aromatic rings. The van der Waals surface area contributed by atoms with E-state index in [2.05, 4.69) is 0 Å². The molecule has 0 fully saturated rings. The summed E-state index contributed by atoms with van der Waals surface area (Å²) in [5, 5.41) is 8.95. The molecule has 0 spiro atoms. The van der Waals surface area contributed by atoms with Crippen LogP contribution in [0, 0.1) is 11.6 Å². The summed E-state index contributed by atoms with van der Waals surface area (Å²) in [6, 6.07) is 9.18. The van der Waals surface area contributed by atoms with Gasteiger partial charge in [-0.25, -0.2) is 8.78 Å². The molecule has 0 atom stereocenters. The van der Waals surface area contributed by atoms with Crippen LogP contribution in [0.5, 0.6) is 5.75 Å². The standard InChI is InChI=1S/C15H15F2NO2/c1-18(13-5-3-4-6-14(13)20-2)15-11(16)7-10(9-19)8-12(15)17/h3-8,19H,9H2,1-2H3. The molecule has 0 saturated heterocycles. The van der Waals surface area contributed by atoms with E-state index in [0.717, 1.165) is 12.1 Å². The van der Waals surface area contributed by atoms with Gasteiger partial charge >= 0.3 is 0 Å². The summed E-state index contributed by atoms with van der Waals surface area (Å²) in [5.74, 6) is -0.954. The number of rotatable bonds is 4. The number of para-hydroxylation sites is 2. The number of aliphatic hydroxyl groups is 1. The predicted octanol–water partition coefficient (Wildman–Crippen LogP) is 3.23. The Hall–Kier alpha value is -2.14. The van der Waals surface area contributed by atoms with Crippen LogP contribution in [0.1, 0.15) is 5.56 Å². The molecule has 0 aliphatic rings. The molecule has 0 aromatic heterocycles. The third kappa shape index (κ3) is 2.58. The lowest BCUT2D eigenvalue weighted by Crippen LogP contribution is -2.14. The average molecular weight is 279 g/mol. The molecule has 0 aliphatic heterocycles. The fourth-order valence-corrected chi connectivity index (χ4v) is 2.06. The molecule has 0 amide bonds. The van der Waals surface area contributed by atoms with Gasteiger partial charge in [-0.15, -0.1) is 0 Å². The minimum Gasteiger partial charge on any atom is -0.495 e. The van der Waals surface area contributed by atoms with E-state index in [9.17, 15) is 8.78 Å². The van der Waals surface area contributed by atoms with Gasteiger partial charge in [0.05, 0.1) is 19.4 Å². The summed E-state index contributed by atoms with van der Waals surface area (Å²) in [5.41, 5.74) is 0.549. The lowest BCUT2D eigenvalue weighted by atomic mass is 10.1. The fourth-order valence-electron chi connectivity index (χ4n) is 2.06. The summed E-state index contributed by atoms with van der Waals surface area (Å²) >= 11 is 0. The second-order valence-corrected chi connectivity index (χ2v) is 4.30. The molecule has 2 rings (SSSR count). The Morgan fingerprint density at radius 1 is 1.15 bits per heavy atom.